The van der Waals surface area contributed by atoms with Crippen LogP contribution in [0.2, 0.25) is 0 Å². The molecule has 0 aromatic carbocycles. The van der Waals surface area contributed by atoms with Crippen molar-refractivity contribution < 1.29 is 4.74 Å². The quantitative estimate of drug-likeness (QED) is 0.857. The highest BCUT2D eigenvalue weighted by Gasteiger charge is 2.22. The van der Waals surface area contributed by atoms with E-state index in [1.807, 2.05) is 12.5 Å². The van der Waals surface area contributed by atoms with Crippen LogP contribution in [-0.2, 0) is 4.74 Å². The normalized spacial score (nSPS) is 20.2. The van der Waals surface area contributed by atoms with Crippen molar-refractivity contribution in [2.75, 3.05) is 39.4 Å². The molecule has 1 saturated heterocycles. The Hall–Kier alpha value is -0.910. The second-order valence-corrected chi connectivity index (χ2v) is 6.07. The minimum atomic E-state index is 0.379. The minimum Gasteiger partial charge on any atom is -0.379 e. The van der Waals surface area contributed by atoms with Gasteiger partial charge in [0.1, 0.15) is 0 Å². The maximum Gasteiger partial charge on any atom is 0.0951 e. The lowest BCUT2D eigenvalue weighted by Crippen LogP contribution is -2.39. The first kappa shape index (κ1) is 15.5. The van der Waals surface area contributed by atoms with Gasteiger partial charge in [0.05, 0.1) is 19.5 Å². The maximum atomic E-state index is 5.95. The van der Waals surface area contributed by atoms with Crippen LogP contribution in [0.1, 0.15) is 38.4 Å². The van der Waals surface area contributed by atoms with E-state index in [4.69, 9.17) is 10.5 Å². The predicted octanol–water partition coefficient (Wildman–Crippen LogP) is 1.47. The second kappa shape index (κ2) is 7.20. The molecular weight excluding hydrogens is 252 g/mol. The summed E-state index contributed by atoms with van der Waals surface area (Å²) >= 11 is 0. The van der Waals surface area contributed by atoms with E-state index in [-0.39, 0.29) is 0 Å². The standard InChI is InChI=1S/C15H28N4O/c1-12(2)14(8-16)15-9-17-11-19(15)13(3)10-18-4-6-20-7-5-18/h9,11-14H,4-8,10,16H2,1-3H3. The average molecular weight is 280 g/mol. The first-order chi connectivity index (χ1) is 9.63. The van der Waals surface area contributed by atoms with Gasteiger partial charge in [0, 0.05) is 50.0 Å². The third kappa shape index (κ3) is 3.59. The summed E-state index contributed by atoms with van der Waals surface area (Å²) in [5, 5.41) is 0. The fourth-order valence-electron chi connectivity index (χ4n) is 2.95. The molecule has 1 aliphatic heterocycles. The molecule has 0 radical (unpaired) electrons. The Kier molecular flexibility index (Phi) is 5.57. The molecule has 2 N–H and O–H groups in total. The van der Waals surface area contributed by atoms with Crippen LogP contribution in [0.25, 0.3) is 0 Å². The van der Waals surface area contributed by atoms with Gasteiger partial charge in [-0.05, 0) is 12.8 Å². The lowest BCUT2D eigenvalue weighted by atomic mass is 9.92. The fourth-order valence-corrected chi connectivity index (χ4v) is 2.95. The van der Waals surface area contributed by atoms with Crippen LogP contribution in [0.15, 0.2) is 12.5 Å². The van der Waals surface area contributed by atoms with Crippen LogP contribution in [0.4, 0.5) is 0 Å². The van der Waals surface area contributed by atoms with Crippen molar-refractivity contribution in [3.05, 3.63) is 18.2 Å². The number of aromatic nitrogens is 2. The molecule has 1 aromatic heterocycles. The zero-order valence-corrected chi connectivity index (χ0v) is 13.0. The zero-order valence-electron chi connectivity index (χ0n) is 13.0. The van der Waals surface area contributed by atoms with Crippen molar-refractivity contribution in [2.45, 2.75) is 32.7 Å². The first-order valence-corrected chi connectivity index (χ1v) is 7.65. The van der Waals surface area contributed by atoms with E-state index in [1.165, 1.54) is 5.69 Å². The summed E-state index contributed by atoms with van der Waals surface area (Å²) in [6, 6.07) is 0.415. The van der Waals surface area contributed by atoms with E-state index in [0.717, 1.165) is 32.8 Å². The van der Waals surface area contributed by atoms with Crippen molar-refractivity contribution in [3.63, 3.8) is 0 Å². The Balaban J connectivity index is 2.06. The van der Waals surface area contributed by atoms with E-state index in [9.17, 15) is 0 Å². The van der Waals surface area contributed by atoms with Gasteiger partial charge in [-0.1, -0.05) is 13.8 Å². The number of rotatable bonds is 6. The van der Waals surface area contributed by atoms with Crippen LogP contribution < -0.4 is 5.73 Å². The van der Waals surface area contributed by atoms with E-state index in [0.29, 0.717) is 24.4 Å². The molecule has 0 aliphatic carbocycles. The Morgan fingerprint density at radius 1 is 1.30 bits per heavy atom. The molecule has 5 heteroatoms. The molecule has 0 bridgehead atoms. The summed E-state index contributed by atoms with van der Waals surface area (Å²) in [7, 11) is 0. The van der Waals surface area contributed by atoms with E-state index in [2.05, 4.69) is 35.2 Å². The third-order valence-electron chi connectivity index (χ3n) is 4.24. The third-order valence-corrected chi connectivity index (χ3v) is 4.24. The van der Waals surface area contributed by atoms with Crippen LogP contribution in [0.3, 0.4) is 0 Å². The van der Waals surface area contributed by atoms with Crippen LogP contribution >= 0.6 is 0 Å². The van der Waals surface area contributed by atoms with Gasteiger partial charge in [-0.2, -0.15) is 0 Å². The Morgan fingerprint density at radius 2 is 2.00 bits per heavy atom. The monoisotopic (exact) mass is 280 g/mol. The number of nitrogens with two attached hydrogens (primary N) is 1. The number of morpholine rings is 1. The highest BCUT2D eigenvalue weighted by Crippen LogP contribution is 2.25. The number of ether oxygens (including phenoxy) is 1. The van der Waals surface area contributed by atoms with Crippen LogP contribution in [-0.4, -0.2) is 53.8 Å². The summed E-state index contributed by atoms with van der Waals surface area (Å²) in [5.74, 6) is 0.913. The Bertz CT molecular complexity index is 398. The molecule has 0 amide bonds. The summed E-state index contributed by atoms with van der Waals surface area (Å²) in [6.07, 6.45) is 3.93. The van der Waals surface area contributed by atoms with Gasteiger partial charge >= 0.3 is 0 Å². The molecule has 0 saturated carbocycles. The topological polar surface area (TPSA) is 56.3 Å². The van der Waals surface area contributed by atoms with Gasteiger partial charge in [-0.25, -0.2) is 4.98 Å². The highest BCUT2D eigenvalue weighted by molar-refractivity contribution is 5.09. The SMILES string of the molecule is CC(C)C(CN)c1cncn1C(C)CN1CCOCC1. The predicted molar refractivity (Wildman–Crippen MR) is 80.8 cm³/mol. The van der Waals surface area contributed by atoms with Crippen molar-refractivity contribution in [3.8, 4) is 0 Å². The van der Waals surface area contributed by atoms with Gasteiger partial charge < -0.3 is 15.0 Å². The summed E-state index contributed by atoms with van der Waals surface area (Å²) in [5.41, 5.74) is 7.22. The van der Waals surface area contributed by atoms with Gasteiger partial charge in [0.25, 0.3) is 0 Å². The maximum absolute atomic E-state index is 5.95. The minimum absolute atomic E-state index is 0.379. The molecule has 5 nitrogen and oxygen atoms in total. The molecule has 114 valence electrons. The number of hydrogen-bond acceptors (Lipinski definition) is 4. The van der Waals surface area contributed by atoms with Crippen molar-refractivity contribution in [2.24, 2.45) is 11.7 Å². The highest BCUT2D eigenvalue weighted by atomic mass is 16.5. The molecule has 2 rings (SSSR count). The van der Waals surface area contributed by atoms with Gasteiger partial charge in [-0.15, -0.1) is 0 Å². The van der Waals surface area contributed by atoms with Crippen molar-refractivity contribution >= 4 is 0 Å². The fraction of sp³-hybridized carbons (Fsp3) is 0.800. The second-order valence-electron chi connectivity index (χ2n) is 6.07. The Labute approximate surface area is 122 Å². The van der Waals surface area contributed by atoms with E-state index in [1.54, 1.807) is 0 Å². The molecule has 0 spiro atoms. The molecule has 2 heterocycles. The van der Waals surface area contributed by atoms with Crippen molar-refractivity contribution in [1.82, 2.24) is 14.5 Å². The van der Waals surface area contributed by atoms with Crippen molar-refractivity contribution in [1.29, 1.82) is 0 Å². The lowest BCUT2D eigenvalue weighted by Gasteiger charge is -2.31. The summed E-state index contributed by atoms with van der Waals surface area (Å²) < 4.78 is 7.70. The van der Waals surface area contributed by atoms with Gasteiger partial charge in [0.15, 0.2) is 0 Å². The number of imidazole rings is 1. The average Bonchev–Trinajstić information content (AvgIpc) is 2.89. The van der Waals surface area contributed by atoms with Gasteiger partial charge in [-0.3, -0.25) is 4.90 Å². The summed E-state index contributed by atoms with van der Waals surface area (Å²) in [4.78, 5) is 6.81. The van der Waals surface area contributed by atoms with Crippen LogP contribution in [0, 0.1) is 5.92 Å². The lowest BCUT2D eigenvalue weighted by molar-refractivity contribution is 0.0323. The summed E-state index contributed by atoms with van der Waals surface area (Å²) in [6.45, 7) is 12.2. The van der Waals surface area contributed by atoms with Crippen LogP contribution in [0.5, 0.6) is 0 Å². The van der Waals surface area contributed by atoms with E-state index >= 15 is 0 Å². The molecule has 1 aliphatic rings. The molecular formula is C15H28N4O. The largest absolute Gasteiger partial charge is 0.379 e. The molecule has 2 unspecified atom stereocenters. The smallest absolute Gasteiger partial charge is 0.0951 e. The number of nitrogens with zero attached hydrogens (tertiary/aromatic N) is 3. The van der Waals surface area contributed by atoms with E-state index < -0.39 is 0 Å². The van der Waals surface area contributed by atoms with Gasteiger partial charge in [0.2, 0.25) is 0 Å². The molecule has 20 heavy (non-hydrogen) atoms. The Morgan fingerprint density at radius 3 is 2.60 bits per heavy atom. The molecule has 1 fully saturated rings. The molecule has 2 atom stereocenters. The zero-order chi connectivity index (χ0) is 14.5. The molecule has 1 aromatic rings. The first-order valence-electron chi connectivity index (χ1n) is 7.65. The number of hydrogen-bond donors (Lipinski definition) is 1.